The van der Waals surface area contributed by atoms with Crippen LogP contribution in [0.4, 0.5) is 4.39 Å². The van der Waals surface area contributed by atoms with E-state index in [2.05, 4.69) is 16.8 Å². The van der Waals surface area contributed by atoms with Crippen LogP contribution in [0.3, 0.4) is 0 Å². The van der Waals surface area contributed by atoms with E-state index in [1.54, 1.807) is 12.1 Å². The lowest BCUT2D eigenvalue weighted by molar-refractivity contribution is 0.171. The summed E-state index contributed by atoms with van der Waals surface area (Å²) in [5.74, 6) is -0.792. The van der Waals surface area contributed by atoms with Gasteiger partial charge in [-0.1, -0.05) is 18.2 Å². The molecule has 1 fully saturated rings. The van der Waals surface area contributed by atoms with Crippen molar-refractivity contribution in [3.63, 3.8) is 0 Å². The van der Waals surface area contributed by atoms with Gasteiger partial charge in [-0.2, -0.15) is 0 Å². The van der Waals surface area contributed by atoms with E-state index >= 15 is 0 Å². The first kappa shape index (κ1) is 16.0. The van der Waals surface area contributed by atoms with E-state index in [1.807, 2.05) is 6.08 Å². The van der Waals surface area contributed by atoms with Gasteiger partial charge in [-0.25, -0.2) is 4.39 Å². The van der Waals surface area contributed by atoms with E-state index in [-0.39, 0.29) is 24.2 Å². The molecule has 0 radical (unpaired) electrons. The van der Waals surface area contributed by atoms with Crippen LogP contribution in [-0.2, 0) is 0 Å². The molecule has 5 heteroatoms. The monoisotopic (exact) mass is 286 g/mol. The predicted octanol–water partition coefficient (Wildman–Crippen LogP) is 2.48. The van der Waals surface area contributed by atoms with Gasteiger partial charge in [0.2, 0.25) is 0 Å². The number of piperazine rings is 1. The number of hydrogen-bond acceptors (Lipinski definition) is 3. The summed E-state index contributed by atoms with van der Waals surface area (Å²) >= 11 is 0. The van der Waals surface area contributed by atoms with Crippen molar-refractivity contribution < 1.29 is 9.50 Å². The van der Waals surface area contributed by atoms with Gasteiger partial charge in [-0.05, 0) is 12.5 Å². The van der Waals surface area contributed by atoms with Gasteiger partial charge in [0.15, 0.2) is 11.6 Å². The molecule has 0 aromatic heterocycles. The van der Waals surface area contributed by atoms with Gasteiger partial charge in [0.25, 0.3) is 0 Å². The zero-order chi connectivity index (χ0) is 13.0. The SMILES string of the molecule is C=CC[C@H](c1cccc(F)c1O)N1CCNCC1.Cl. The molecule has 0 amide bonds. The Kier molecular flexibility index (Phi) is 6.28. The first-order valence-electron chi connectivity index (χ1n) is 6.27. The largest absolute Gasteiger partial charge is 0.505 e. The molecule has 0 spiro atoms. The summed E-state index contributed by atoms with van der Waals surface area (Å²) in [6, 6.07) is 4.71. The van der Waals surface area contributed by atoms with E-state index in [1.165, 1.54) is 6.07 Å². The summed E-state index contributed by atoms with van der Waals surface area (Å²) in [6.07, 6.45) is 2.52. The summed E-state index contributed by atoms with van der Waals surface area (Å²) < 4.78 is 13.4. The minimum Gasteiger partial charge on any atom is -0.505 e. The standard InChI is InChI=1S/C14H19FN2O.ClH/c1-2-4-13(17-9-7-16-8-10-17)11-5-3-6-12(15)14(11)18;/h2-3,5-6,13,16,18H,1,4,7-10H2;1H/t13-;/m1./s1. The maximum Gasteiger partial charge on any atom is 0.165 e. The van der Waals surface area contributed by atoms with E-state index < -0.39 is 5.82 Å². The molecular formula is C14H20ClFN2O. The van der Waals surface area contributed by atoms with E-state index in [4.69, 9.17) is 0 Å². The van der Waals surface area contributed by atoms with Crippen LogP contribution in [0.5, 0.6) is 5.75 Å². The number of halogens is 2. The lowest BCUT2D eigenvalue weighted by Crippen LogP contribution is -2.45. The number of phenolic OH excluding ortho intramolecular Hbond substituents is 1. The van der Waals surface area contributed by atoms with Crippen LogP contribution in [0.15, 0.2) is 30.9 Å². The van der Waals surface area contributed by atoms with Crippen molar-refractivity contribution in [1.29, 1.82) is 0 Å². The van der Waals surface area contributed by atoms with Crippen LogP contribution in [0.1, 0.15) is 18.0 Å². The molecule has 1 atom stereocenters. The Labute approximate surface area is 119 Å². The summed E-state index contributed by atoms with van der Waals surface area (Å²) in [4.78, 5) is 2.26. The maximum absolute atomic E-state index is 13.4. The van der Waals surface area contributed by atoms with Gasteiger partial charge in [-0.15, -0.1) is 19.0 Å². The molecular weight excluding hydrogens is 267 g/mol. The number of hydrogen-bond donors (Lipinski definition) is 2. The molecule has 106 valence electrons. The molecule has 1 aromatic rings. The van der Waals surface area contributed by atoms with E-state index in [0.717, 1.165) is 26.2 Å². The van der Waals surface area contributed by atoms with Crippen molar-refractivity contribution in [2.75, 3.05) is 26.2 Å². The molecule has 1 aliphatic heterocycles. The number of nitrogens with zero attached hydrogens (tertiary/aromatic N) is 1. The topological polar surface area (TPSA) is 35.5 Å². The van der Waals surface area contributed by atoms with Crippen molar-refractivity contribution in [3.8, 4) is 5.75 Å². The quantitative estimate of drug-likeness (QED) is 0.835. The highest BCUT2D eigenvalue weighted by atomic mass is 35.5. The lowest BCUT2D eigenvalue weighted by atomic mass is 10.00. The molecule has 0 aliphatic carbocycles. The van der Waals surface area contributed by atoms with Crippen LogP contribution in [0.2, 0.25) is 0 Å². The number of nitrogens with one attached hydrogen (secondary N) is 1. The third-order valence-corrected chi connectivity index (χ3v) is 3.36. The van der Waals surface area contributed by atoms with Crippen molar-refractivity contribution >= 4 is 12.4 Å². The summed E-state index contributed by atoms with van der Waals surface area (Å²) in [7, 11) is 0. The average molecular weight is 287 g/mol. The van der Waals surface area contributed by atoms with Gasteiger partial charge in [0.1, 0.15) is 0 Å². The molecule has 1 heterocycles. The molecule has 0 unspecified atom stereocenters. The van der Waals surface area contributed by atoms with Gasteiger partial charge in [0, 0.05) is 37.8 Å². The molecule has 0 saturated carbocycles. The van der Waals surface area contributed by atoms with Crippen LogP contribution < -0.4 is 5.32 Å². The number of benzene rings is 1. The Balaban J connectivity index is 0.00000180. The normalized spacial score (nSPS) is 17.5. The van der Waals surface area contributed by atoms with Crippen molar-refractivity contribution in [1.82, 2.24) is 10.2 Å². The van der Waals surface area contributed by atoms with Crippen molar-refractivity contribution in [3.05, 3.63) is 42.2 Å². The summed E-state index contributed by atoms with van der Waals surface area (Å²) in [5.41, 5.74) is 0.650. The zero-order valence-corrected chi connectivity index (χ0v) is 11.6. The van der Waals surface area contributed by atoms with Crippen LogP contribution in [0, 0.1) is 5.82 Å². The Morgan fingerprint density at radius 1 is 1.42 bits per heavy atom. The highest BCUT2D eigenvalue weighted by Gasteiger charge is 2.24. The molecule has 1 aromatic carbocycles. The van der Waals surface area contributed by atoms with Crippen LogP contribution in [-0.4, -0.2) is 36.2 Å². The predicted molar refractivity (Wildman–Crippen MR) is 77.3 cm³/mol. The third kappa shape index (κ3) is 3.69. The first-order chi connectivity index (χ1) is 8.74. The Hall–Kier alpha value is -1.10. The number of para-hydroxylation sites is 1. The third-order valence-electron chi connectivity index (χ3n) is 3.36. The van der Waals surface area contributed by atoms with E-state index in [0.29, 0.717) is 12.0 Å². The number of phenols is 1. The zero-order valence-electron chi connectivity index (χ0n) is 10.8. The van der Waals surface area contributed by atoms with E-state index in [9.17, 15) is 9.50 Å². The maximum atomic E-state index is 13.4. The first-order valence-corrected chi connectivity index (χ1v) is 6.27. The Bertz CT molecular complexity index is 422. The fourth-order valence-corrected chi connectivity index (χ4v) is 2.43. The molecule has 3 nitrogen and oxygen atoms in total. The van der Waals surface area contributed by atoms with Crippen LogP contribution >= 0.6 is 12.4 Å². The molecule has 2 rings (SSSR count). The molecule has 19 heavy (non-hydrogen) atoms. The van der Waals surface area contributed by atoms with Gasteiger partial charge in [-0.3, -0.25) is 4.90 Å². The van der Waals surface area contributed by atoms with Crippen LogP contribution in [0.25, 0.3) is 0 Å². The smallest absolute Gasteiger partial charge is 0.165 e. The van der Waals surface area contributed by atoms with Crippen molar-refractivity contribution in [2.24, 2.45) is 0 Å². The van der Waals surface area contributed by atoms with Gasteiger partial charge >= 0.3 is 0 Å². The highest BCUT2D eigenvalue weighted by molar-refractivity contribution is 5.85. The minimum atomic E-state index is -0.559. The number of aromatic hydroxyl groups is 1. The molecule has 0 bridgehead atoms. The summed E-state index contributed by atoms with van der Waals surface area (Å²) in [5, 5.41) is 13.2. The Morgan fingerprint density at radius 3 is 2.74 bits per heavy atom. The van der Waals surface area contributed by atoms with Gasteiger partial charge in [0.05, 0.1) is 0 Å². The Morgan fingerprint density at radius 2 is 2.11 bits per heavy atom. The minimum absolute atomic E-state index is 0. The molecule has 1 saturated heterocycles. The second-order valence-electron chi connectivity index (χ2n) is 4.50. The average Bonchev–Trinajstić information content (AvgIpc) is 2.41. The molecule has 1 aliphatic rings. The fraction of sp³-hybridized carbons (Fsp3) is 0.429. The highest BCUT2D eigenvalue weighted by Crippen LogP contribution is 2.33. The second kappa shape index (κ2) is 7.48. The van der Waals surface area contributed by atoms with Crippen molar-refractivity contribution in [2.45, 2.75) is 12.5 Å². The number of rotatable bonds is 4. The second-order valence-corrected chi connectivity index (χ2v) is 4.50. The fourth-order valence-electron chi connectivity index (χ4n) is 2.43. The summed E-state index contributed by atoms with van der Waals surface area (Å²) in [6.45, 7) is 7.39. The van der Waals surface area contributed by atoms with Gasteiger partial charge < -0.3 is 10.4 Å². The lowest BCUT2D eigenvalue weighted by Gasteiger charge is -2.35. The molecule has 2 N–H and O–H groups in total.